The Kier molecular flexibility index (Phi) is 5.26. The summed E-state index contributed by atoms with van der Waals surface area (Å²) in [6, 6.07) is 15.3. The zero-order valence-corrected chi connectivity index (χ0v) is 17.9. The SMILES string of the molecule is Cc1nc(CCNC(=O)c2cc(-c3ccc4c(c3)OCCO4)nc3ccccc23)cs1. The smallest absolute Gasteiger partial charge is 0.252 e. The number of aromatic nitrogens is 2. The van der Waals surface area contributed by atoms with Crippen LogP contribution >= 0.6 is 11.3 Å². The molecule has 5 rings (SSSR count). The van der Waals surface area contributed by atoms with Gasteiger partial charge in [-0.15, -0.1) is 11.3 Å². The predicted molar refractivity (Wildman–Crippen MR) is 121 cm³/mol. The number of amides is 1. The fourth-order valence-corrected chi connectivity index (χ4v) is 4.28. The van der Waals surface area contributed by atoms with Crippen molar-refractivity contribution in [3.05, 3.63) is 70.2 Å². The molecule has 4 aromatic rings. The van der Waals surface area contributed by atoms with Gasteiger partial charge in [0.1, 0.15) is 13.2 Å². The summed E-state index contributed by atoms with van der Waals surface area (Å²) in [4.78, 5) is 22.3. The molecule has 3 heterocycles. The number of hydrogen-bond donors (Lipinski definition) is 1. The molecule has 156 valence electrons. The normalized spacial score (nSPS) is 12.7. The molecule has 0 atom stereocenters. The van der Waals surface area contributed by atoms with Gasteiger partial charge in [0.25, 0.3) is 5.91 Å². The zero-order chi connectivity index (χ0) is 21.2. The van der Waals surface area contributed by atoms with Crippen molar-refractivity contribution in [3.8, 4) is 22.8 Å². The number of benzene rings is 2. The molecule has 0 spiro atoms. The second kappa shape index (κ2) is 8.35. The molecule has 0 fully saturated rings. The van der Waals surface area contributed by atoms with E-state index in [4.69, 9.17) is 14.5 Å². The van der Waals surface area contributed by atoms with Crippen molar-refractivity contribution >= 4 is 28.1 Å². The van der Waals surface area contributed by atoms with E-state index in [1.807, 2.05) is 60.8 Å². The Balaban J connectivity index is 1.45. The molecular formula is C24H21N3O3S. The topological polar surface area (TPSA) is 73.3 Å². The highest BCUT2D eigenvalue weighted by Gasteiger charge is 2.17. The molecule has 0 saturated carbocycles. The summed E-state index contributed by atoms with van der Waals surface area (Å²) in [5.74, 6) is 1.30. The van der Waals surface area contributed by atoms with Gasteiger partial charge in [0.05, 0.1) is 27.5 Å². The average Bonchev–Trinajstić information content (AvgIpc) is 3.22. The lowest BCUT2D eigenvalue weighted by Crippen LogP contribution is -2.26. The summed E-state index contributed by atoms with van der Waals surface area (Å²) in [7, 11) is 0. The summed E-state index contributed by atoms with van der Waals surface area (Å²) in [6.45, 7) is 3.58. The summed E-state index contributed by atoms with van der Waals surface area (Å²) in [5, 5.41) is 6.92. The number of fused-ring (bicyclic) bond motifs is 2. The van der Waals surface area contributed by atoms with Gasteiger partial charge in [0.15, 0.2) is 11.5 Å². The standard InChI is InChI=1S/C24H21N3O3S/c1-15-26-17(14-31-15)8-9-25-24(28)19-13-21(27-20-5-3-2-4-18(19)20)16-6-7-22-23(12-16)30-11-10-29-22/h2-7,12-14H,8-11H2,1H3,(H,25,28). The monoisotopic (exact) mass is 431 g/mol. The molecule has 0 unspecified atom stereocenters. The second-order valence-corrected chi connectivity index (χ2v) is 8.36. The molecule has 2 aromatic heterocycles. The first-order valence-electron chi connectivity index (χ1n) is 10.2. The first kappa shape index (κ1) is 19.5. The van der Waals surface area contributed by atoms with Crippen LogP contribution in [0.2, 0.25) is 0 Å². The van der Waals surface area contributed by atoms with Gasteiger partial charge in [-0.3, -0.25) is 4.79 Å². The number of nitrogens with zero attached hydrogens (tertiary/aromatic N) is 2. The fraction of sp³-hybridized carbons (Fsp3) is 0.208. The Morgan fingerprint density at radius 2 is 1.90 bits per heavy atom. The van der Waals surface area contributed by atoms with Crippen LogP contribution < -0.4 is 14.8 Å². The van der Waals surface area contributed by atoms with Gasteiger partial charge < -0.3 is 14.8 Å². The Bertz CT molecular complexity index is 1270. The van der Waals surface area contributed by atoms with E-state index in [0.29, 0.717) is 37.5 Å². The Hall–Kier alpha value is -3.45. The van der Waals surface area contributed by atoms with Crippen LogP contribution in [-0.2, 0) is 6.42 Å². The van der Waals surface area contributed by atoms with Crippen LogP contribution in [0.5, 0.6) is 11.5 Å². The van der Waals surface area contributed by atoms with Crippen molar-refractivity contribution in [1.29, 1.82) is 0 Å². The van der Waals surface area contributed by atoms with Crippen LogP contribution in [0, 0.1) is 6.92 Å². The van der Waals surface area contributed by atoms with Gasteiger partial charge in [-0.2, -0.15) is 0 Å². The number of pyridine rings is 1. The molecule has 0 saturated heterocycles. The number of aryl methyl sites for hydroxylation is 1. The molecule has 7 heteroatoms. The van der Waals surface area contributed by atoms with E-state index in [0.717, 1.165) is 38.6 Å². The largest absolute Gasteiger partial charge is 0.486 e. The molecule has 2 aromatic carbocycles. The highest BCUT2D eigenvalue weighted by molar-refractivity contribution is 7.09. The number of ether oxygens (including phenoxy) is 2. The maximum absolute atomic E-state index is 13.1. The van der Waals surface area contributed by atoms with E-state index in [2.05, 4.69) is 10.3 Å². The number of nitrogens with one attached hydrogen (secondary N) is 1. The molecule has 6 nitrogen and oxygen atoms in total. The van der Waals surface area contributed by atoms with Crippen LogP contribution in [0.3, 0.4) is 0 Å². The highest BCUT2D eigenvalue weighted by atomic mass is 32.1. The van der Waals surface area contributed by atoms with Gasteiger partial charge in [0.2, 0.25) is 0 Å². The number of carbonyl (C=O) groups excluding carboxylic acids is 1. The van der Waals surface area contributed by atoms with Gasteiger partial charge >= 0.3 is 0 Å². The number of hydrogen-bond acceptors (Lipinski definition) is 6. The van der Waals surface area contributed by atoms with Crippen molar-refractivity contribution in [2.24, 2.45) is 0 Å². The number of carbonyl (C=O) groups is 1. The lowest BCUT2D eigenvalue weighted by atomic mass is 10.0. The van der Waals surface area contributed by atoms with Crippen molar-refractivity contribution in [2.45, 2.75) is 13.3 Å². The summed E-state index contributed by atoms with van der Waals surface area (Å²) in [5.41, 5.74) is 3.97. The molecule has 1 aliphatic rings. The van der Waals surface area contributed by atoms with E-state index in [1.54, 1.807) is 11.3 Å². The summed E-state index contributed by atoms with van der Waals surface area (Å²) < 4.78 is 11.3. The van der Waals surface area contributed by atoms with E-state index in [9.17, 15) is 4.79 Å². The molecule has 0 radical (unpaired) electrons. The molecule has 1 aliphatic heterocycles. The maximum atomic E-state index is 13.1. The molecular weight excluding hydrogens is 410 g/mol. The maximum Gasteiger partial charge on any atom is 0.252 e. The highest BCUT2D eigenvalue weighted by Crippen LogP contribution is 2.35. The van der Waals surface area contributed by atoms with Crippen LogP contribution in [0.25, 0.3) is 22.2 Å². The van der Waals surface area contributed by atoms with Crippen LogP contribution in [0.4, 0.5) is 0 Å². The third kappa shape index (κ3) is 4.09. The summed E-state index contributed by atoms with van der Waals surface area (Å²) >= 11 is 1.62. The van der Waals surface area contributed by atoms with Gasteiger partial charge in [-0.05, 0) is 37.3 Å². The van der Waals surface area contributed by atoms with Gasteiger partial charge in [-0.1, -0.05) is 18.2 Å². The van der Waals surface area contributed by atoms with Crippen molar-refractivity contribution in [1.82, 2.24) is 15.3 Å². The van der Waals surface area contributed by atoms with Gasteiger partial charge in [0, 0.05) is 29.3 Å². The van der Waals surface area contributed by atoms with Crippen LogP contribution in [0.15, 0.2) is 53.9 Å². The minimum atomic E-state index is -0.121. The first-order valence-corrected chi connectivity index (χ1v) is 11.0. The number of rotatable bonds is 5. The Morgan fingerprint density at radius 3 is 2.74 bits per heavy atom. The quantitative estimate of drug-likeness (QED) is 0.507. The average molecular weight is 432 g/mol. The van der Waals surface area contributed by atoms with E-state index in [1.165, 1.54) is 0 Å². The molecule has 0 aliphatic carbocycles. The van der Waals surface area contributed by atoms with E-state index in [-0.39, 0.29) is 5.91 Å². The lowest BCUT2D eigenvalue weighted by molar-refractivity contribution is 0.0955. The van der Waals surface area contributed by atoms with Crippen LogP contribution in [-0.4, -0.2) is 35.6 Å². The second-order valence-electron chi connectivity index (χ2n) is 7.29. The minimum Gasteiger partial charge on any atom is -0.486 e. The number of thiazole rings is 1. The molecule has 31 heavy (non-hydrogen) atoms. The first-order chi connectivity index (χ1) is 15.2. The third-order valence-electron chi connectivity index (χ3n) is 5.13. The fourth-order valence-electron chi connectivity index (χ4n) is 3.64. The molecule has 0 bridgehead atoms. The lowest BCUT2D eigenvalue weighted by Gasteiger charge is -2.19. The van der Waals surface area contributed by atoms with Gasteiger partial charge in [-0.25, -0.2) is 9.97 Å². The van der Waals surface area contributed by atoms with Crippen LogP contribution in [0.1, 0.15) is 21.1 Å². The molecule has 1 N–H and O–H groups in total. The summed E-state index contributed by atoms with van der Waals surface area (Å²) in [6.07, 6.45) is 0.702. The van der Waals surface area contributed by atoms with Crippen molar-refractivity contribution in [2.75, 3.05) is 19.8 Å². The van der Waals surface area contributed by atoms with Crippen molar-refractivity contribution < 1.29 is 14.3 Å². The Labute approximate surface area is 183 Å². The third-order valence-corrected chi connectivity index (χ3v) is 5.95. The van der Waals surface area contributed by atoms with E-state index < -0.39 is 0 Å². The van der Waals surface area contributed by atoms with E-state index >= 15 is 0 Å². The Morgan fingerprint density at radius 1 is 1.06 bits per heavy atom. The molecule has 1 amide bonds. The zero-order valence-electron chi connectivity index (χ0n) is 17.1. The minimum absolute atomic E-state index is 0.121. The van der Waals surface area contributed by atoms with Crippen molar-refractivity contribution in [3.63, 3.8) is 0 Å². The predicted octanol–water partition coefficient (Wildman–Crippen LogP) is 4.41. The number of para-hydroxylation sites is 1.